The Bertz CT molecular complexity index is 228. The Morgan fingerprint density at radius 3 is 2.73 bits per heavy atom. The van der Waals surface area contributed by atoms with Crippen molar-refractivity contribution in [3.63, 3.8) is 0 Å². The van der Waals surface area contributed by atoms with E-state index in [0.29, 0.717) is 13.2 Å². The molecule has 4 heteroatoms. The van der Waals surface area contributed by atoms with E-state index in [2.05, 4.69) is 0 Å². The zero-order chi connectivity index (χ0) is 10.7. The molecule has 1 saturated heterocycles. The molecule has 2 fully saturated rings. The van der Waals surface area contributed by atoms with Crippen molar-refractivity contribution in [3.05, 3.63) is 0 Å². The number of nitrogens with two attached hydrogens (primary N) is 1. The highest BCUT2D eigenvalue weighted by Crippen LogP contribution is 2.32. The third kappa shape index (κ3) is 3.18. The molecule has 0 spiro atoms. The van der Waals surface area contributed by atoms with Crippen LogP contribution in [0.1, 0.15) is 32.1 Å². The van der Waals surface area contributed by atoms with E-state index < -0.39 is 0 Å². The first-order valence-electron chi connectivity index (χ1n) is 5.81. The number of rotatable bonds is 5. The highest BCUT2D eigenvalue weighted by atomic mass is 16.6. The lowest BCUT2D eigenvalue weighted by atomic mass is 10.2. The third-order valence-electron chi connectivity index (χ3n) is 3.10. The normalized spacial score (nSPS) is 30.5. The lowest BCUT2D eigenvalue weighted by Gasteiger charge is -2.11. The van der Waals surface area contributed by atoms with Gasteiger partial charge in [0.25, 0.3) is 0 Å². The van der Waals surface area contributed by atoms with Crippen molar-refractivity contribution in [2.45, 2.75) is 44.3 Å². The van der Waals surface area contributed by atoms with Gasteiger partial charge in [0.15, 0.2) is 6.10 Å². The third-order valence-corrected chi connectivity index (χ3v) is 3.10. The molecule has 15 heavy (non-hydrogen) atoms. The summed E-state index contributed by atoms with van der Waals surface area (Å²) in [6, 6.07) is 0. The van der Waals surface area contributed by atoms with Crippen molar-refractivity contribution in [2.75, 3.05) is 13.2 Å². The predicted molar refractivity (Wildman–Crippen MR) is 55.2 cm³/mol. The van der Waals surface area contributed by atoms with Crippen molar-refractivity contribution in [3.8, 4) is 0 Å². The molecule has 2 aliphatic rings. The van der Waals surface area contributed by atoms with Crippen LogP contribution < -0.4 is 5.73 Å². The molecular weight excluding hydrogens is 194 g/mol. The molecule has 2 atom stereocenters. The van der Waals surface area contributed by atoms with Crippen molar-refractivity contribution in [1.82, 2.24) is 0 Å². The molecule has 0 aromatic rings. The van der Waals surface area contributed by atoms with Gasteiger partial charge in [-0.1, -0.05) is 12.8 Å². The monoisotopic (exact) mass is 213 g/mol. The second-order valence-corrected chi connectivity index (χ2v) is 4.46. The van der Waals surface area contributed by atoms with E-state index in [4.69, 9.17) is 15.2 Å². The first-order chi connectivity index (χ1) is 7.29. The summed E-state index contributed by atoms with van der Waals surface area (Å²) in [6.45, 7) is 1.04. The Kier molecular flexibility index (Phi) is 3.59. The Labute approximate surface area is 90.1 Å². The second-order valence-electron chi connectivity index (χ2n) is 4.46. The standard InChI is InChI=1S/C11H19NO3/c12-7-9-3-4-10(15-9)11(13)14-6-5-8-1-2-8/h8-10H,1-7,12H2. The SMILES string of the molecule is NCC1CCC(C(=O)OCCC2CC2)O1. The smallest absolute Gasteiger partial charge is 0.335 e. The van der Waals surface area contributed by atoms with E-state index in [-0.39, 0.29) is 18.2 Å². The lowest BCUT2D eigenvalue weighted by molar-refractivity contribution is -0.156. The summed E-state index contributed by atoms with van der Waals surface area (Å²) in [5.41, 5.74) is 5.47. The summed E-state index contributed by atoms with van der Waals surface area (Å²) in [6.07, 6.45) is 4.92. The Morgan fingerprint density at radius 1 is 1.33 bits per heavy atom. The zero-order valence-corrected chi connectivity index (χ0v) is 8.98. The Morgan fingerprint density at radius 2 is 2.13 bits per heavy atom. The minimum atomic E-state index is -0.363. The van der Waals surface area contributed by atoms with Crippen LogP contribution in [0.4, 0.5) is 0 Å². The van der Waals surface area contributed by atoms with Gasteiger partial charge in [-0.3, -0.25) is 0 Å². The van der Waals surface area contributed by atoms with Gasteiger partial charge in [0.05, 0.1) is 12.7 Å². The van der Waals surface area contributed by atoms with Gasteiger partial charge in [0.2, 0.25) is 0 Å². The van der Waals surface area contributed by atoms with Gasteiger partial charge in [0.1, 0.15) is 0 Å². The van der Waals surface area contributed by atoms with E-state index in [1.54, 1.807) is 0 Å². The first kappa shape index (κ1) is 10.9. The molecule has 1 saturated carbocycles. The summed E-state index contributed by atoms with van der Waals surface area (Å²) in [5.74, 6) is 0.602. The van der Waals surface area contributed by atoms with Crippen molar-refractivity contribution < 1.29 is 14.3 Å². The summed E-state index contributed by atoms with van der Waals surface area (Å²) < 4.78 is 10.6. The van der Waals surface area contributed by atoms with Crippen LogP contribution in [0.5, 0.6) is 0 Å². The molecule has 1 aliphatic heterocycles. The molecule has 1 aliphatic carbocycles. The molecule has 0 aromatic heterocycles. The van der Waals surface area contributed by atoms with Gasteiger partial charge in [-0.15, -0.1) is 0 Å². The zero-order valence-electron chi connectivity index (χ0n) is 8.98. The van der Waals surface area contributed by atoms with Crippen LogP contribution in [-0.2, 0) is 14.3 Å². The summed E-state index contributed by atoms with van der Waals surface area (Å²) in [5, 5.41) is 0. The summed E-state index contributed by atoms with van der Waals surface area (Å²) in [4.78, 5) is 11.5. The predicted octanol–water partition coefficient (Wildman–Crippen LogP) is 0.836. The molecule has 0 amide bonds. The van der Waals surface area contributed by atoms with Crippen LogP contribution in [0.15, 0.2) is 0 Å². The quantitative estimate of drug-likeness (QED) is 0.687. The van der Waals surface area contributed by atoms with Gasteiger partial charge in [-0.2, -0.15) is 0 Å². The van der Waals surface area contributed by atoms with Crippen LogP contribution in [0, 0.1) is 5.92 Å². The molecule has 0 aromatic carbocycles. The van der Waals surface area contributed by atoms with Crippen LogP contribution in [0.3, 0.4) is 0 Å². The molecule has 0 radical (unpaired) electrons. The maximum Gasteiger partial charge on any atom is 0.335 e. The van der Waals surface area contributed by atoms with E-state index in [1.165, 1.54) is 12.8 Å². The van der Waals surface area contributed by atoms with E-state index >= 15 is 0 Å². The number of carbonyl (C=O) groups is 1. The molecule has 4 nitrogen and oxygen atoms in total. The first-order valence-corrected chi connectivity index (χ1v) is 5.81. The fourth-order valence-electron chi connectivity index (χ4n) is 1.88. The van der Waals surface area contributed by atoms with Gasteiger partial charge < -0.3 is 15.2 Å². The van der Waals surface area contributed by atoms with Crippen LogP contribution >= 0.6 is 0 Å². The number of hydrogen-bond donors (Lipinski definition) is 1. The summed E-state index contributed by atoms with van der Waals surface area (Å²) in [7, 11) is 0. The Hall–Kier alpha value is -0.610. The van der Waals surface area contributed by atoms with E-state index in [9.17, 15) is 4.79 Å². The molecule has 2 N–H and O–H groups in total. The van der Waals surface area contributed by atoms with Crippen LogP contribution in [0.2, 0.25) is 0 Å². The van der Waals surface area contributed by atoms with Gasteiger partial charge >= 0.3 is 5.97 Å². The van der Waals surface area contributed by atoms with Crippen molar-refractivity contribution in [2.24, 2.45) is 11.7 Å². The minimum Gasteiger partial charge on any atom is -0.464 e. The largest absolute Gasteiger partial charge is 0.464 e. The highest BCUT2D eigenvalue weighted by molar-refractivity contribution is 5.74. The maximum absolute atomic E-state index is 11.5. The van der Waals surface area contributed by atoms with Gasteiger partial charge in [-0.25, -0.2) is 4.79 Å². The van der Waals surface area contributed by atoms with Crippen molar-refractivity contribution in [1.29, 1.82) is 0 Å². The van der Waals surface area contributed by atoms with Gasteiger partial charge in [0, 0.05) is 6.54 Å². The average molecular weight is 213 g/mol. The van der Waals surface area contributed by atoms with Crippen molar-refractivity contribution >= 4 is 5.97 Å². The molecule has 2 unspecified atom stereocenters. The number of esters is 1. The summed E-state index contributed by atoms with van der Waals surface area (Å²) >= 11 is 0. The lowest BCUT2D eigenvalue weighted by Crippen LogP contribution is -2.27. The van der Waals surface area contributed by atoms with Crippen LogP contribution in [0.25, 0.3) is 0 Å². The number of hydrogen-bond acceptors (Lipinski definition) is 4. The fraction of sp³-hybridized carbons (Fsp3) is 0.909. The molecule has 86 valence electrons. The number of ether oxygens (including phenoxy) is 2. The fourth-order valence-corrected chi connectivity index (χ4v) is 1.88. The van der Waals surface area contributed by atoms with E-state index in [1.807, 2.05) is 0 Å². The molecule has 0 bridgehead atoms. The molecular formula is C11H19NO3. The topological polar surface area (TPSA) is 61.6 Å². The Balaban J connectivity index is 1.62. The average Bonchev–Trinajstić information content (AvgIpc) is 2.94. The van der Waals surface area contributed by atoms with E-state index in [0.717, 1.165) is 25.2 Å². The number of carbonyl (C=O) groups excluding carboxylic acids is 1. The van der Waals surface area contributed by atoms with Gasteiger partial charge in [-0.05, 0) is 25.2 Å². The molecule has 1 heterocycles. The molecule has 2 rings (SSSR count). The second kappa shape index (κ2) is 4.94. The maximum atomic E-state index is 11.5. The minimum absolute atomic E-state index is 0.0472. The van der Waals surface area contributed by atoms with Crippen LogP contribution in [-0.4, -0.2) is 31.3 Å². The highest BCUT2D eigenvalue weighted by Gasteiger charge is 2.31.